The van der Waals surface area contributed by atoms with Crippen LogP contribution in [-0.4, -0.2) is 49.1 Å². The maximum atomic E-state index is 12.0. The monoisotopic (exact) mass is 324 g/mol. The van der Waals surface area contributed by atoms with Crippen LogP contribution in [0.1, 0.15) is 45.4 Å². The molecule has 6 unspecified atom stereocenters. The lowest BCUT2D eigenvalue weighted by molar-refractivity contribution is -0.162. The molecule has 6 nitrogen and oxygen atoms in total. The first-order chi connectivity index (χ1) is 11.0. The van der Waals surface area contributed by atoms with Crippen LogP contribution in [0, 0.1) is 11.8 Å². The molecule has 4 rings (SSSR count). The molecule has 2 saturated carbocycles. The number of hydrogen-bond acceptors (Lipinski definition) is 6. The molecular weight excluding hydrogens is 300 g/mol. The van der Waals surface area contributed by atoms with Crippen LogP contribution in [0.15, 0.2) is 0 Å². The standard InChI is InChI=1S/C17H24O6/c1-17-5-4-10(6-14(17)23-17)8-20-15(18)9-21-16(19)11-2-3-12-13(7-11)22-12/h10-14H,2-9H2,1H3. The summed E-state index contributed by atoms with van der Waals surface area (Å²) < 4.78 is 21.4. The summed E-state index contributed by atoms with van der Waals surface area (Å²) in [5.41, 5.74) is 0.0836. The summed E-state index contributed by atoms with van der Waals surface area (Å²) in [6.45, 7) is 2.25. The van der Waals surface area contributed by atoms with Gasteiger partial charge in [0.2, 0.25) is 0 Å². The van der Waals surface area contributed by atoms with Crippen LogP contribution in [0.4, 0.5) is 0 Å². The van der Waals surface area contributed by atoms with Gasteiger partial charge in [-0.05, 0) is 51.4 Å². The van der Waals surface area contributed by atoms with Gasteiger partial charge in [0, 0.05) is 0 Å². The van der Waals surface area contributed by atoms with Gasteiger partial charge in [0.1, 0.15) is 0 Å². The number of epoxide rings is 2. The van der Waals surface area contributed by atoms with Crippen LogP contribution >= 0.6 is 0 Å². The van der Waals surface area contributed by atoms with E-state index in [0.717, 1.165) is 38.5 Å². The number of esters is 2. The zero-order valence-electron chi connectivity index (χ0n) is 13.5. The molecule has 2 saturated heterocycles. The summed E-state index contributed by atoms with van der Waals surface area (Å²) in [4.78, 5) is 23.7. The van der Waals surface area contributed by atoms with Crippen molar-refractivity contribution in [3.63, 3.8) is 0 Å². The lowest BCUT2D eigenvalue weighted by Gasteiger charge is -2.22. The summed E-state index contributed by atoms with van der Waals surface area (Å²) in [5, 5.41) is 0. The molecule has 0 spiro atoms. The molecule has 4 fully saturated rings. The molecule has 0 N–H and O–H groups in total. The fourth-order valence-corrected chi connectivity index (χ4v) is 3.99. The Hall–Kier alpha value is -1.14. The Morgan fingerprint density at radius 1 is 1.13 bits per heavy atom. The molecule has 0 amide bonds. The van der Waals surface area contributed by atoms with Crippen LogP contribution < -0.4 is 0 Å². The predicted molar refractivity (Wildman–Crippen MR) is 78.5 cm³/mol. The van der Waals surface area contributed by atoms with Gasteiger partial charge in [-0.25, -0.2) is 4.79 Å². The average molecular weight is 324 g/mol. The second-order valence-electron chi connectivity index (χ2n) is 7.57. The molecule has 0 aromatic heterocycles. The average Bonchev–Trinajstić information content (AvgIpc) is 3.43. The summed E-state index contributed by atoms with van der Waals surface area (Å²) in [7, 11) is 0. The Morgan fingerprint density at radius 2 is 2.00 bits per heavy atom. The molecule has 0 aromatic carbocycles. The molecule has 128 valence electrons. The predicted octanol–water partition coefficient (Wildman–Crippen LogP) is 1.60. The molecule has 0 bridgehead atoms. The second-order valence-corrected chi connectivity index (χ2v) is 7.57. The van der Waals surface area contributed by atoms with Gasteiger partial charge in [-0.2, -0.15) is 0 Å². The number of carbonyl (C=O) groups is 2. The van der Waals surface area contributed by atoms with Gasteiger partial charge in [0.05, 0.1) is 36.4 Å². The van der Waals surface area contributed by atoms with Crippen LogP contribution in [0.3, 0.4) is 0 Å². The van der Waals surface area contributed by atoms with Crippen molar-refractivity contribution in [2.75, 3.05) is 13.2 Å². The van der Waals surface area contributed by atoms with E-state index in [2.05, 4.69) is 6.92 Å². The van der Waals surface area contributed by atoms with E-state index < -0.39 is 5.97 Å². The highest BCUT2D eigenvalue weighted by Crippen LogP contribution is 2.49. The van der Waals surface area contributed by atoms with Crippen molar-refractivity contribution in [1.29, 1.82) is 0 Å². The molecule has 23 heavy (non-hydrogen) atoms. The van der Waals surface area contributed by atoms with Crippen molar-refractivity contribution in [3.8, 4) is 0 Å². The lowest BCUT2D eigenvalue weighted by atomic mass is 9.83. The number of fused-ring (bicyclic) bond motifs is 2. The Kier molecular flexibility index (Phi) is 3.84. The van der Waals surface area contributed by atoms with Gasteiger partial charge in [-0.15, -0.1) is 0 Å². The zero-order valence-corrected chi connectivity index (χ0v) is 13.5. The van der Waals surface area contributed by atoms with E-state index in [9.17, 15) is 9.59 Å². The van der Waals surface area contributed by atoms with Crippen molar-refractivity contribution < 1.29 is 28.5 Å². The van der Waals surface area contributed by atoms with Crippen LogP contribution in [0.25, 0.3) is 0 Å². The Balaban J connectivity index is 1.12. The minimum atomic E-state index is -0.459. The van der Waals surface area contributed by atoms with Gasteiger partial charge >= 0.3 is 11.9 Å². The van der Waals surface area contributed by atoms with Crippen molar-refractivity contribution >= 4 is 11.9 Å². The maximum Gasteiger partial charge on any atom is 0.344 e. The molecule has 6 atom stereocenters. The fraction of sp³-hybridized carbons (Fsp3) is 0.882. The molecule has 6 heteroatoms. The van der Waals surface area contributed by atoms with E-state index in [0.29, 0.717) is 24.7 Å². The quantitative estimate of drug-likeness (QED) is 0.565. The van der Waals surface area contributed by atoms with Crippen LogP contribution in [-0.2, 0) is 28.5 Å². The third-order valence-electron chi connectivity index (χ3n) is 5.78. The SMILES string of the molecule is CC12CCC(COC(=O)COC(=O)C3CCC4OC4C3)CC1O2. The van der Waals surface area contributed by atoms with Gasteiger partial charge in [-0.1, -0.05) is 0 Å². The molecule has 0 radical (unpaired) electrons. The molecule has 0 aromatic rings. The van der Waals surface area contributed by atoms with Crippen molar-refractivity contribution in [1.82, 2.24) is 0 Å². The molecule has 4 aliphatic rings. The van der Waals surface area contributed by atoms with Gasteiger partial charge < -0.3 is 18.9 Å². The first-order valence-electron chi connectivity index (χ1n) is 8.69. The fourth-order valence-electron chi connectivity index (χ4n) is 3.99. The molecular formula is C17H24O6. The largest absolute Gasteiger partial charge is 0.463 e. The topological polar surface area (TPSA) is 77.7 Å². The van der Waals surface area contributed by atoms with E-state index in [1.54, 1.807) is 0 Å². The van der Waals surface area contributed by atoms with E-state index in [1.165, 1.54) is 0 Å². The Morgan fingerprint density at radius 3 is 2.78 bits per heavy atom. The highest BCUT2D eigenvalue weighted by molar-refractivity contribution is 5.78. The number of carbonyl (C=O) groups excluding carboxylic acids is 2. The van der Waals surface area contributed by atoms with E-state index >= 15 is 0 Å². The van der Waals surface area contributed by atoms with E-state index in [1.807, 2.05) is 0 Å². The van der Waals surface area contributed by atoms with Crippen LogP contribution in [0.2, 0.25) is 0 Å². The highest BCUT2D eigenvalue weighted by Gasteiger charge is 2.55. The second kappa shape index (κ2) is 5.74. The van der Waals surface area contributed by atoms with Gasteiger partial charge in [-0.3, -0.25) is 4.79 Å². The minimum absolute atomic E-state index is 0.0836. The van der Waals surface area contributed by atoms with Crippen molar-refractivity contribution in [2.45, 2.75) is 69.4 Å². The zero-order chi connectivity index (χ0) is 16.0. The Labute approximate surface area is 135 Å². The van der Waals surface area contributed by atoms with Crippen molar-refractivity contribution in [3.05, 3.63) is 0 Å². The molecule has 2 aliphatic carbocycles. The summed E-state index contributed by atoms with van der Waals surface area (Å²) in [6, 6.07) is 0. The number of rotatable bonds is 5. The Bertz CT molecular complexity index is 505. The van der Waals surface area contributed by atoms with Crippen molar-refractivity contribution in [2.24, 2.45) is 11.8 Å². The highest BCUT2D eigenvalue weighted by atomic mass is 16.6. The third kappa shape index (κ3) is 3.38. The summed E-state index contributed by atoms with van der Waals surface area (Å²) >= 11 is 0. The van der Waals surface area contributed by atoms with Crippen LogP contribution in [0.5, 0.6) is 0 Å². The number of ether oxygens (including phenoxy) is 4. The summed E-state index contributed by atoms with van der Waals surface area (Å²) in [6.07, 6.45) is 6.35. The van der Waals surface area contributed by atoms with E-state index in [-0.39, 0.29) is 30.2 Å². The molecule has 2 heterocycles. The molecule has 2 aliphatic heterocycles. The van der Waals surface area contributed by atoms with E-state index in [4.69, 9.17) is 18.9 Å². The first kappa shape index (κ1) is 15.4. The van der Waals surface area contributed by atoms with Gasteiger partial charge in [0.25, 0.3) is 0 Å². The maximum absolute atomic E-state index is 12.0. The third-order valence-corrected chi connectivity index (χ3v) is 5.78. The lowest BCUT2D eigenvalue weighted by Crippen LogP contribution is -2.28. The normalized spacial score (nSPS) is 43.8. The first-order valence-corrected chi connectivity index (χ1v) is 8.69. The number of hydrogen-bond donors (Lipinski definition) is 0. The summed E-state index contributed by atoms with van der Waals surface area (Å²) in [5.74, 6) is -0.525. The minimum Gasteiger partial charge on any atom is -0.463 e. The van der Waals surface area contributed by atoms with Gasteiger partial charge in [0.15, 0.2) is 6.61 Å². The smallest absolute Gasteiger partial charge is 0.344 e.